The van der Waals surface area contributed by atoms with Crippen molar-refractivity contribution in [3.05, 3.63) is 69.8 Å². The molecule has 0 amide bonds. The van der Waals surface area contributed by atoms with Crippen LogP contribution in [0.2, 0.25) is 0 Å². The van der Waals surface area contributed by atoms with Crippen LogP contribution in [0.1, 0.15) is 45.2 Å². The molecule has 6 N–H and O–H groups in total. The van der Waals surface area contributed by atoms with Gasteiger partial charge < -0.3 is 21.3 Å². The summed E-state index contributed by atoms with van der Waals surface area (Å²) in [5.41, 5.74) is 12.5. The molecule has 2 aromatic rings. The topological polar surface area (TPSA) is 213 Å². The van der Waals surface area contributed by atoms with Crippen molar-refractivity contribution in [3.63, 3.8) is 0 Å². The summed E-state index contributed by atoms with van der Waals surface area (Å²) < 4.78 is 34.6. The number of carboxylic acid groups (broad SMARTS) is 1. The number of benzene rings is 2. The second-order valence-corrected chi connectivity index (χ2v) is 10.3. The van der Waals surface area contributed by atoms with Crippen LogP contribution in [0.5, 0.6) is 0 Å². The molecule has 0 heterocycles. The first-order valence-corrected chi connectivity index (χ1v) is 13.1. The number of aryl methyl sites for hydroxylation is 1. The molecule has 13 heteroatoms. The lowest BCUT2D eigenvalue weighted by atomic mass is 10.0. The van der Waals surface area contributed by atoms with Gasteiger partial charge in [0.2, 0.25) is 0 Å². The molecule has 2 aromatic carbocycles. The number of ether oxygens (including phenoxy) is 1. The lowest BCUT2D eigenvalue weighted by Gasteiger charge is -2.16. The molecule has 38 heavy (non-hydrogen) atoms. The zero-order valence-corrected chi connectivity index (χ0v) is 22.9. The van der Waals surface area contributed by atoms with E-state index in [1.54, 1.807) is 38.1 Å². The zero-order valence-electron chi connectivity index (χ0n) is 22.1. The summed E-state index contributed by atoms with van der Waals surface area (Å²) >= 11 is 0. The van der Waals surface area contributed by atoms with Gasteiger partial charge in [0, 0.05) is 12.1 Å². The van der Waals surface area contributed by atoms with Crippen LogP contribution in [0.4, 0.5) is 5.69 Å². The van der Waals surface area contributed by atoms with E-state index in [0.29, 0.717) is 5.56 Å². The Bertz CT molecular complexity index is 1140. The Balaban J connectivity index is 0.000000607. The molecule has 0 spiro atoms. The van der Waals surface area contributed by atoms with Gasteiger partial charge in [-0.05, 0) is 48.6 Å². The lowest BCUT2D eigenvalue weighted by Crippen LogP contribution is -2.37. The van der Waals surface area contributed by atoms with Gasteiger partial charge in [0.15, 0.2) is 0 Å². The molecule has 0 saturated carbocycles. The Hall–Kier alpha value is -3.39. The predicted molar refractivity (Wildman–Crippen MR) is 142 cm³/mol. The molecule has 0 aliphatic heterocycles. The number of rotatable bonds is 9. The summed E-state index contributed by atoms with van der Waals surface area (Å²) in [6.07, 6.45) is 0.799. The number of nitro groups is 1. The van der Waals surface area contributed by atoms with Crippen molar-refractivity contribution in [1.29, 1.82) is 0 Å². The van der Waals surface area contributed by atoms with Crippen LogP contribution in [0.25, 0.3) is 0 Å². The van der Waals surface area contributed by atoms with Gasteiger partial charge in [-0.25, -0.2) is 0 Å². The molecule has 12 nitrogen and oxygen atoms in total. The largest absolute Gasteiger partial charge is 0.480 e. The fourth-order valence-corrected chi connectivity index (χ4v) is 2.93. The van der Waals surface area contributed by atoms with Crippen LogP contribution >= 0.6 is 0 Å². The first kappa shape index (κ1) is 34.6. The summed E-state index contributed by atoms with van der Waals surface area (Å²) in [6.45, 7) is 9.30. The molecule has 0 aliphatic rings. The smallest absolute Gasteiger partial charge is 0.323 e. The number of hydrogen-bond acceptors (Lipinski definition) is 9. The van der Waals surface area contributed by atoms with Crippen molar-refractivity contribution in [1.82, 2.24) is 0 Å². The van der Waals surface area contributed by atoms with Crippen molar-refractivity contribution < 1.29 is 37.3 Å². The minimum Gasteiger partial charge on any atom is -0.480 e. The average molecular weight is 556 g/mol. The Morgan fingerprint density at radius 1 is 1.00 bits per heavy atom. The molecular weight excluding hydrogens is 518 g/mol. The summed E-state index contributed by atoms with van der Waals surface area (Å²) in [6, 6.07) is 10.5. The maximum absolute atomic E-state index is 11.6. The van der Waals surface area contributed by atoms with Crippen LogP contribution < -0.4 is 11.5 Å². The van der Waals surface area contributed by atoms with Crippen LogP contribution in [0.3, 0.4) is 0 Å². The second-order valence-electron chi connectivity index (χ2n) is 8.84. The Kier molecular flexibility index (Phi) is 15.0. The first-order chi connectivity index (χ1) is 17.5. The monoisotopic (exact) mass is 555 g/mol. The first-order valence-electron chi connectivity index (χ1n) is 11.7. The van der Waals surface area contributed by atoms with Gasteiger partial charge >= 0.3 is 11.9 Å². The van der Waals surface area contributed by atoms with E-state index in [4.69, 9.17) is 25.9 Å². The zero-order chi connectivity index (χ0) is 29.6. The van der Waals surface area contributed by atoms with Crippen LogP contribution in [0.15, 0.2) is 53.4 Å². The van der Waals surface area contributed by atoms with Crippen molar-refractivity contribution in [2.24, 2.45) is 23.3 Å². The average Bonchev–Trinajstić information content (AvgIpc) is 2.86. The van der Waals surface area contributed by atoms with Crippen LogP contribution in [-0.4, -0.2) is 47.0 Å². The number of esters is 1. The van der Waals surface area contributed by atoms with Crippen molar-refractivity contribution in [2.45, 2.75) is 64.6 Å². The highest BCUT2D eigenvalue weighted by Crippen LogP contribution is 2.14. The molecule has 0 fully saturated rings. The van der Waals surface area contributed by atoms with E-state index in [1.807, 2.05) is 20.8 Å². The fourth-order valence-electron chi connectivity index (χ4n) is 2.45. The third-order valence-electron chi connectivity index (χ3n) is 5.38. The molecule has 0 radical (unpaired) electrons. The number of nitrogens with two attached hydrogens (primary N) is 2. The van der Waals surface area contributed by atoms with Gasteiger partial charge in [-0.2, -0.15) is 8.42 Å². The highest BCUT2D eigenvalue weighted by atomic mass is 32.2. The number of carbonyl (C=O) groups excluding carboxylic acids is 1. The summed E-state index contributed by atoms with van der Waals surface area (Å²) in [5.74, 6) is -1.30. The standard InChI is InChI=1S/C13H18N2O4.C7H8O3S.C5H11NO2/c1-3-9(2)12(14)13(16)19-8-10-4-6-11(7-5-10)15(17)18;1-6-2-4-7(5-3-6)11(8,9)10;1-3(2)4(6)5(7)8/h4-7,9,12H,3,8,14H2,1-2H3;2-5H,1H3,(H,8,9,10);3-4H,6H2,1-2H3,(H,7,8)/t9-,12-;;4-/m1.0/s1. The van der Waals surface area contributed by atoms with E-state index in [0.717, 1.165) is 12.0 Å². The summed E-state index contributed by atoms with van der Waals surface area (Å²) in [4.78, 5) is 31.6. The molecule has 2 rings (SSSR count). The molecule has 212 valence electrons. The molecule has 0 saturated heterocycles. The van der Waals surface area contributed by atoms with E-state index in [2.05, 4.69) is 0 Å². The van der Waals surface area contributed by atoms with Gasteiger partial charge in [0.25, 0.3) is 15.8 Å². The van der Waals surface area contributed by atoms with Crippen LogP contribution in [0, 0.1) is 28.9 Å². The van der Waals surface area contributed by atoms with Crippen LogP contribution in [-0.2, 0) is 31.1 Å². The molecule has 0 bridgehead atoms. The molecule has 0 aliphatic carbocycles. The number of carbonyl (C=O) groups is 2. The maximum Gasteiger partial charge on any atom is 0.323 e. The number of nitrogens with zero attached hydrogens (tertiary/aromatic N) is 1. The Morgan fingerprint density at radius 3 is 1.84 bits per heavy atom. The van der Waals surface area contributed by atoms with Crippen molar-refractivity contribution in [2.75, 3.05) is 0 Å². The number of carboxylic acids is 1. The van der Waals surface area contributed by atoms with Gasteiger partial charge in [0.05, 0.1) is 9.82 Å². The van der Waals surface area contributed by atoms with E-state index < -0.39 is 39.1 Å². The highest BCUT2D eigenvalue weighted by molar-refractivity contribution is 7.85. The van der Waals surface area contributed by atoms with Gasteiger partial charge in [-0.3, -0.25) is 24.3 Å². The maximum atomic E-state index is 11.6. The highest BCUT2D eigenvalue weighted by Gasteiger charge is 2.21. The summed E-state index contributed by atoms with van der Waals surface area (Å²) in [5, 5.41) is 18.7. The Morgan fingerprint density at radius 2 is 1.50 bits per heavy atom. The number of aliphatic carboxylic acids is 1. The number of hydrogen-bond donors (Lipinski definition) is 4. The van der Waals surface area contributed by atoms with Crippen molar-refractivity contribution >= 4 is 27.7 Å². The fraction of sp³-hybridized carbons (Fsp3) is 0.440. The van der Waals surface area contributed by atoms with E-state index in [1.165, 1.54) is 24.3 Å². The third-order valence-corrected chi connectivity index (χ3v) is 6.25. The minimum atomic E-state index is -4.02. The normalized spacial score (nSPS) is 13.1. The van der Waals surface area contributed by atoms with E-state index in [9.17, 15) is 28.1 Å². The molecule has 0 aromatic heterocycles. The molecule has 3 atom stereocenters. The Labute approximate surface area is 222 Å². The third kappa shape index (κ3) is 13.2. The van der Waals surface area contributed by atoms with Gasteiger partial charge in [-0.1, -0.05) is 51.8 Å². The number of non-ortho nitro benzene ring substituents is 1. The molecular formula is C25H37N3O9S. The van der Waals surface area contributed by atoms with Gasteiger partial charge in [0.1, 0.15) is 18.7 Å². The van der Waals surface area contributed by atoms with E-state index in [-0.39, 0.29) is 29.0 Å². The van der Waals surface area contributed by atoms with Crippen molar-refractivity contribution in [3.8, 4) is 0 Å². The number of nitro benzene ring substituents is 1. The quantitative estimate of drug-likeness (QED) is 0.152. The lowest BCUT2D eigenvalue weighted by molar-refractivity contribution is -0.384. The van der Waals surface area contributed by atoms with Gasteiger partial charge in [-0.15, -0.1) is 0 Å². The summed E-state index contributed by atoms with van der Waals surface area (Å²) in [7, 11) is -4.02. The van der Waals surface area contributed by atoms with E-state index >= 15 is 0 Å². The minimum absolute atomic E-state index is 0.00591. The second kappa shape index (κ2) is 16.5. The SMILES string of the molecule is CC(C)[C@H](N)C(=O)O.CC[C@@H](C)[C@@H](N)C(=O)OCc1ccc([N+](=O)[O-])cc1.Cc1ccc(S(=O)(=O)O)cc1. The predicted octanol–water partition coefficient (Wildman–Crippen LogP) is 3.31. The molecule has 0 unspecified atom stereocenters.